The minimum absolute atomic E-state index is 0.0148. The number of aryl methyl sites for hydroxylation is 1. The molecule has 0 spiro atoms. The first-order chi connectivity index (χ1) is 10.0. The number of hydrogen-bond acceptors (Lipinski definition) is 3. The van der Waals surface area contributed by atoms with Gasteiger partial charge < -0.3 is 9.67 Å². The molecule has 6 nitrogen and oxygen atoms in total. The molecule has 0 atom stereocenters. The lowest BCUT2D eigenvalue weighted by molar-refractivity contribution is 0.0693. The average Bonchev–Trinajstić information content (AvgIpc) is 2.96. The molecule has 0 aromatic carbocycles. The SMILES string of the molecule is Cc1ccn(CC2(Cn3cccn3)CC2)c(=O)c1C(=O)O. The van der Waals surface area contributed by atoms with Crippen LogP contribution in [-0.4, -0.2) is 25.4 Å². The predicted molar refractivity (Wildman–Crippen MR) is 76.3 cm³/mol. The summed E-state index contributed by atoms with van der Waals surface area (Å²) in [5.41, 5.74) is -0.0387. The van der Waals surface area contributed by atoms with Crippen molar-refractivity contribution in [1.82, 2.24) is 14.3 Å². The van der Waals surface area contributed by atoms with E-state index in [0.29, 0.717) is 12.1 Å². The van der Waals surface area contributed by atoms with Gasteiger partial charge >= 0.3 is 5.97 Å². The van der Waals surface area contributed by atoms with E-state index in [-0.39, 0.29) is 11.0 Å². The minimum atomic E-state index is -1.16. The number of carbonyl (C=O) groups is 1. The number of rotatable bonds is 5. The second-order valence-electron chi connectivity index (χ2n) is 5.82. The Bertz CT molecular complexity index is 727. The molecule has 0 saturated heterocycles. The topological polar surface area (TPSA) is 77.1 Å². The van der Waals surface area contributed by atoms with Gasteiger partial charge in [-0.2, -0.15) is 5.10 Å². The Morgan fingerprint density at radius 2 is 2.14 bits per heavy atom. The van der Waals surface area contributed by atoms with Crippen LogP contribution in [0.15, 0.2) is 35.5 Å². The van der Waals surface area contributed by atoms with Gasteiger partial charge in [-0.25, -0.2) is 4.79 Å². The van der Waals surface area contributed by atoms with Gasteiger partial charge in [-0.3, -0.25) is 9.48 Å². The molecule has 3 rings (SSSR count). The van der Waals surface area contributed by atoms with Crippen molar-refractivity contribution in [3.8, 4) is 0 Å². The zero-order chi connectivity index (χ0) is 15.0. The Balaban J connectivity index is 1.87. The second-order valence-corrected chi connectivity index (χ2v) is 5.82. The van der Waals surface area contributed by atoms with E-state index in [1.165, 1.54) is 4.57 Å². The molecule has 0 amide bonds. The first kappa shape index (κ1) is 13.6. The Morgan fingerprint density at radius 1 is 1.38 bits per heavy atom. The molecule has 110 valence electrons. The van der Waals surface area contributed by atoms with E-state index in [0.717, 1.165) is 19.4 Å². The molecule has 0 bridgehead atoms. The van der Waals surface area contributed by atoms with Gasteiger partial charge in [-0.15, -0.1) is 0 Å². The number of hydrogen-bond donors (Lipinski definition) is 1. The predicted octanol–water partition coefficient (Wildman–Crippen LogP) is 1.53. The summed E-state index contributed by atoms with van der Waals surface area (Å²) < 4.78 is 3.39. The number of carboxylic acids is 1. The Kier molecular flexibility index (Phi) is 3.16. The lowest BCUT2D eigenvalue weighted by atomic mass is 10.1. The third-order valence-corrected chi connectivity index (χ3v) is 4.11. The molecule has 1 saturated carbocycles. The molecule has 0 radical (unpaired) electrons. The van der Waals surface area contributed by atoms with Crippen molar-refractivity contribution in [1.29, 1.82) is 0 Å². The summed E-state index contributed by atoms with van der Waals surface area (Å²) in [5.74, 6) is -1.16. The van der Waals surface area contributed by atoms with Gasteiger partial charge in [0.05, 0.1) is 0 Å². The standard InChI is InChI=1S/C15H17N3O3/c1-11-3-8-17(13(19)12(11)14(20)21)9-15(4-5-15)10-18-7-2-6-16-18/h2-3,6-8H,4-5,9-10H2,1H3,(H,20,21). The third-order valence-electron chi connectivity index (χ3n) is 4.11. The van der Waals surface area contributed by atoms with Gasteiger partial charge in [-0.1, -0.05) is 0 Å². The Morgan fingerprint density at radius 3 is 2.71 bits per heavy atom. The van der Waals surface area contributed by atoms with Crippen LogP contribution in [0, 0.1) is 12.3 Å². The van der Waals surface area contributed by atoms with Crippen LogP contribution in [0.5, 0.6) is 0 Å². The average molecular weight is 287 g/mol. The number of nitrogens with zero attached hydrogens (tertiary/aromatic N) is 3. The zero-order valence-electron chi connectivity index (χ0n) is 11.8. The number of aromatic carboxylic acids is 1. The van der Waals surface area contributed by atoms with E-state index in [1.807, 2.05) is 16.9 Å². The van der Waals surface area contributed by atoms with Crippen molar-refractivity contribution < 1.29 is 9.90 Å². The van der Waals surface area contributed by atoms with Crippen molar-refractivity contribution in [2.75, 3.05) is 0 Å². The molecular weight excluding hydrogens is 270 g/mol. The summed E-state index contributed by atoms with van der Waals surface area (Å²) in [7, 11) is 0. The lowest BCUT2D eigenvalue weighted by Gasteiger charge is -2.17. The summed E-state index contributed by atoms with van der Waals surface area (Å²) in [6.45, 7) is 2.93. The molecule has 2 aromatic heterocycles. The molecule has 2 aromatic rings. The zero-order valence-corrected chi connectivity index (χ0v) is 11.8. The summed E-state index contributed by atoms with van der Waals surface area (Å²) in [5, 5.41) is 13.4. The fraction of sp³-hybridized carbons (Fsp3) is 0.400. The summed E-state index contributed by atoms with van der Waals surface area (Å²) >= 11 is 0. The van der Waals surface area contributed by atoms with E-state index in [4.69, 9.17) is 5.11 Å². The fourth-order valence-electron chi connectivity index (χ4n) is 2.69. The maximum Gasteiger partial charge on any atom is 0.341 e. The van der Waals surface area contributed by atoms with E-state index in [2.05, 4.69) is 5.10 Å². The van der Waals surface area contributed by atoms with Gasteiger partial charge in [-0.05, 0) is 37.5 Å². The number of pyridine rings is 1. The molecule has 6 heteroatoms. The number of carboxylic acid groups (broad SMARTS) is 1. The van der Waals surface area contributed by atoms with Gasteiger partial charge in [0.25, 0.3) is 5.56 Å². The molecule has 21 heavy (non-hydrogen) atoms. The van der Waals surface area contributed by atoms with Crippen LogP contribution in [0.4, 0.5) is 0 Å². The normalized spacial score (nSPS) is 15.9. The highest BCUT2D eigenvalue weighted by Gasteiger charge is 2.43. The first-order valence-corrected chi connectivity index (χ1v) is 6.92. The molecular formula is C15H17N3O3. The van der Waals surface area contributed by atoms with Crippen LogP contribution >= 0.6 is 0 Å². The minimum Gasteiger partial charge on any atom is -0.477 e. The van der Waals surface area contributed by atoms with Gasteiger partial charge in [0.1, 0.15) is 5.56 Å². The molecule has 0 unspecified atom stereocenters. The smallest absolute Gasteiger partial charge is 0.341 e. The van der Waals surface area contributed by atoms with Crippen LogP contribution in [0.25, 0.3) is 0 Å². The van der Waals surface area contributed by atoms with Crippen molar-refractivity contribution >= 4 is 5.97 Å². The highest BCUT2D eigenvalue weighted by Crippen LogP contribution is 2.48. The largest absolute Gasteiger partial charge is 0.477 e. The molecule has 1 N–H and O–H groups in total. The van der Waals surface area contributed by atoms with Crippen LogP contribution in [0.3, 0.4) is 0 Å². The van der Waals surface area contributed by atoms with Crippen LogP contribution < -0.4 is 5.56 Å². The van der Waals surface area contributed by atoms with Crippen LogP contribution in [0.2, 0.25) is 0 Å². The maximum absolute atomic E-state index is 12.3. The molecule has 1 fully saturated rings. The monoisotopic (exact) mass is 287 g/mol. The second kappa shape index (κ2) is 4.87. The van der Waals surface area contributed by atoms with Crippen molar-refractivity contribution in [3.05, 3.63) is 52.2 Å². The van der Waals surface area contributed by atoms with Crippen molar-refractivity contribution in [3.63, 3.8) is 0 Å². The Hall–Kier alpha value is -2.37. The van der Waals surface area contributed by atoms with Crippen LogP contribution in [0.1, 0.15) is 28.8 Å². The molecule has 1 aliphatic carbocycles. The highest BCUT2D eigenvalue weighted by molar-refractivity contribution is 5.88. The Labute approximate surface area is 121 Å². The van der Waals surface area contributed by atoms with E-state index >= 15 is 0 Å². The molecule has 2 heterocycles. The summed E-state index contributed by atoms with van der Waals surface area (Å²) in [4.78, 5) is 23.5. The summed E-state index contributed by atoms with van der Waals surface area (Å²) in [6.07, 6.45) is 7.37. The van der Waals surface area contributed by atoms with Gasteiger partial charge in [0, 0.05) is 37.1 Å². The van der Waals surface area contributed by atoms with Gasteiger partial charge in [0.2, 0.25) is 0 Å². The van der Waals surface area contributed by atoms with E-state index < -0.39 is 11.5 Å². The third kappa shape index (κ3) is 2.61. The quantitative estimate of drug-likeness (QED) is 0.904. The fourth-order valence-corrected chi connectivity index (χ4v) is 2.69. The van der Waals surface area contributed by atoms with Gasteiger partial charge in [0.15, 0.2) is 0 Å². The number of aromatic nitrogens is 3. The maximum atomic E-state index is 12.3. The molecule has 1 aliphatic rings. The van der Waals surface area contributed by atoms with Crippen molar-refractivity contribution in [2.45, 2.75) is 32.9 Å². The summed E-state index contributed by atoms with van der Waals surface area (Å²) in [6, 6.07) is 3.56. The first-order valence-electron chi connectivity index (χ1n) is 6.92. The van der Waals surface area contributed by atoms with E-state index in [1.54, 1.807) is 25.4 Å². The lowest BCUT2D eigenvalue weighted by Crippen LogP contribution is -2.31. The highest BCUT2D eigenvalue weighted by atomic mass is 16.4. The molecule has 0 aliphatic heterocycles. The van der Waals surface area contributed by atoms with Crippen LogP contribution in [-0.2, 0) is 13.1 Å². The van der Waals surface area contributed by atoms with E-state index in [9.17, 15) is 9.59 Å². The van der Waals surface area contributed by atoms with Crippen molar-refractivity contribution in [2.24, 2.45) is 5.41 Å².